The van der Waals surface area contributed by atoms with Crippen molar-refractivity contribution in [3.63, 3.8) is 0 Å². The lowest BCUT2D eigenvalue weighted by Gasteiger charge is -2.36. The van der Waals surface area contributed by atoms with Crippen LogP contribution in [0.15, 0.2) is 146 Å². The first-order valence-corrected chi connectivity index (χ1v) is 16.6. The maximum absolute atomic E-state index is 12.8. The molecule has 0 aliphatic rings. The molecule has 1 unspecified atom stereocenters. The van der Waals surface area contributed by atoms with Crippen LogP contribution in [0.3, 0.4) is 0 Å². The van der Waals surface area contributed by atoms with Crippen LogP contribution in [0, 0.1) is 0 Å². The lowest BCUT2D eigenvalue weighted by Crippen LogP contribution is -2.39. The van der Waals surface area contributed by atoms with Crippen molar-refractivity contribution in [2.75, 3.05) is 6.61 Å². The summed E-state index contributed by atoms with van der Waals surface area (Å²) in [5.41, 5.74) is 6.49. The number of aliphatic hydroxyl groups is 1. The van der Waals surface area contributed by atoms with Crippen LogP contribution in [0.1, 0.15) is 58.4 Å². The zero-order valence-corrected chi connectivity index (χ0v) is 27.8. The summed E-state index contributed by atoms with van der Waals surface area (Å²) in [6, 6.07) is 47.3. The summed E-state index contributed by atoms with van der Waals surface area (Å²) in [4.78, 5) is 17.1. The average molecular weight is 661 g/mol. The van der Waals surface area contributed by atoms with E-state index in [2.05, 4.69) is 69.9 Å². The first kappa shape index (κ1) is 32.4. The summed E-state index contributed by atoms with van der Waals surface area (Å²) in [6.45, 7) is 3.94. The van der Waals surface area contributed by atoms with Gasteiger partial charge in [0, 0.05) is 12.1 Å². The summed E-state index contributed by atoms with van der Waals surface area (Å²) >= 11 is 0. The maximum Gasteiger partial charge on any atom is 0.357 e. The third-order valence-corrected chi connectivity index (χ3v) is 8.88. The van der Waals surface area contributed by atoms with Gasteiger partial charge in [0.05, 0.1) is 19.0 Å². The van der Waals surface area contributed by atoms with Crippen molar-refractivity contribution in [2.24, 2.45) is 0 Å². The van der Waals surface area contributed by atoms with E-state index >= 15 is 0 Å². The van der Waals surface area contributed by atoms with Crippen LogP contribution >= 0.6 is 0 Å². The Morgan fingerprint density at radius 2 is 1.30 bits per heavy atom. The minimum absolute atomic E-state index is 0.226. The molecular formula is C41H36N6O3. The van der Waals surface area contributed by atoms with Gasteiger partial charge in [0.2, 0.25) is 0 Å². The molecular weight excluding hydrogens is 624 g/mol. The molecule has 2 aromatic heterocycles. The van der Waals surface area contributed by atoms with Gasteiger partial charge in [-0.15, -0.1) is 5.10 Å². The predicted octanol–water partition coefficient (Wildman–Crippen LogP) is 7.32. The van der Waals surface area contributed by atoms with Crippen molar-refractivity contribution in [3.8, 4) is 22.5 Å². The molecule has 7 rings (SSSR count). The number of benzene rings is 5. The van der Waals surface area contributed by atoms with Crippen molar-refractivity contribution >= 4 is 5.97 Å². The van der Waals surface area contributed by atoms with Gasteiger partial charge in [-0.1, -0.05) is 140 Å². The normalized spacial score (nSPS) is 12.1. The molecule has 2 heterocycles. The fourth-order valence-electron chi connectivity index (χ4n) is 6.65. The van der Waals surface area contributed by atoms with Gasteiger partial charge in [-0.05, 0) is 57.7 Å². The van der Waals surface area contributed by atoms with E-state index in [-0.39, 0.29) is 12.3 Å². The van der Waals surface area contributed by atoms with E-state index in [0.717, 1.165) is 38.9 Å². The smallest absolute Gasteiger partial charge is 0.357 e. The standard InChI is InChI=1S/C41H36N6O3/c1-3-50-40(49)38-37(29(2)48)42-28-46(38)27-30-23-25-31(26-24-30)35-21-13-14-22-36(35)39-43-44-45-47(39)41(32-15-7-4-8-16-32,33-17-9-5-10-18-33)34-19-11-6-12-20-34/h4-26,28-29,48H,3,27H2,1-2H3. The number of aliphatic hydroxyl groups excluding tert-OH is 1. The van der Waals surface area contributed by atoms with Crippen LogP contribution in [0.4, 0.5) is 0 Å². The van der Waals surface area contributed by atoms with Crippen LogP contribution < -0.4 is 0 Å². The van der Waals surface area contributed by atoms with Gasteiger partial charge < -0.3 is 14.4 Å². The number of imidazole rings is 1. The largest absolute Gasteiger partial charge is 0.461 e. The van der Waals surface area contributed by atoms with Gasteiger partial charge in [0.15, 0.2) is 11.5 Å². The summed E-state index contributed by atoms with van der Waals surface area (Å²) < 4.78 is 8.93. The van der Waals surface area contributed by atoms with Crippen LogP contribution in [-0.4, -0.2) is 47.4 Å². The topological polar surface area (TPSA) is 108 Å². The molecule has 0 saturated carbocycles. The van der Waals surface area contributed by atoms with Crippen molar-refractivity contribution < 1.29 is 14.6 Å². The number of aromatic nitrogens is 6. The molecule has 7 aromatic rings. The van der Waals surface area contributed by atoms with Crippen molar-refractivity contribution in [2.45, 2.75) is 32.0 Å². The second kappa shape index (κ2) is 14.1. The van der Waals surface area contributed by atoms with E-state index in [1.807, 2.05) is 89.6 Å². The first-order chi connectivity index (χ1) is 24.5. The number of tetrazole rings is 1. The Bertz CT molecular complexity index is 2100. The Hall–Kier alpha value is -6.19. The predicted molar refractivity (Wildman–Crippen MR) is 191 cm³/mol. The fourth-order valence-corrected chi connectivity index (χ4v) is 6.65. The highest BCUT2D eigenvalue weighted by Crippen LogP contribution is 2.43. The summed E-state index contributed by atoms with van der Waals surface area (Å²) in [6.07, 6.45) is 0.658. The number of hydrogen-bond donors (Lipinski definition) is 1. The number of nitrogens with zero attached hydrogens (tertiary/aromatic N) is 6. The highest BCUT2D eigenvalue weighted by Gasteiger charge is 2.42. The zero-order valence-electron chi connectivity index (χ0n) is 27.8. The molecule has 0 spiro atoms. The SMILES string of the molecule is CCOC(=O)c1c(C(C)O)ncn1Cc1ccc(-c2ccccc2-c2nnnn2C(c2ccccc2)(c2ccccc2)c2ccccc2)cc1. The van der Waals surface area contributed by atoms with Crippen LogP contribution in [0.25, 0.3) is 22.5 Å². The number of carbonyl (C=O) groups is 1. The highest BCUT2D eigenvalue weighted by atomic mass is 16.5. The third kappa shape index (κ3) is 5.88. The monoisotopic (exact) mass is 660 g/mol. The molecule has 0 amide bonds. The summed E-state index contributed by atoms with van der Waals surface area (Å²) in [5.74, 6) is 0.103. The highest BCUT2D eigenvalue weighted by molar-refractivity contribution is 5.89. The van der Waals surface area contributed by atoms with Gasteiger partial charge in [-0.2, -0.15) is 0 Å². The van der Waals surface area contributed by atoms with E-state index in [1.165, 1.54) is 0 Å². The number of ether oxygens (including phenoxy) is 1. The van der Waals surface area contributed by atoms with E-state index in [1.54, 1.807) is 24.7 Å². The molecule has 9 heteroatoms. The Kier molecular flexibility index (Phi) is 9.14. The molecule has 1 N–H and O–H groups in total. The lowest BCUT2D eigenvalue weighted by molar-refractivity contribution is 0.0507. The molecule has 0 fully saturated rings. The number of esters is 1. The molecule has 1 atom stereocenters. The van der Waals surface area contributed by atoms with Crippen molar-refractivity contribution in [1.82, 2.24) is 29.8 Å². The third-order valence-electron chi connectivity index (χ3n) is 8.88. The molecule has 0 radical (unpaired) electrons. The number of carbonyl (C=O) groups excluding carboxylic acids is 1. The second-order valence-corrected chi connectivity index (χ2v) is 12.0. The minimum atomic E-state index is -0.907. The first-order valence-electron chi connectivity index (χ1n) is 16.6. The summed E-state index contributed by atoms with van der Waals surface area (Å²) in [5, 5.41) is 23.9. The zero-order chi connectivity index (χ0) is 34.5. The second-order valence-electron chi connectivity index (χ2n) is 12.0. The van der Waals surface area contributed by atoms with Crippen LogP contribution in [-0.2, 0) is 16.8 Å². The number of hydrogen-bond acceptors (Lipinski definition) is 7. The van der Waals surface area contributed by atoms with E-state index in [0.29, 0.717) is 18.1 Å². The Morgan fingerprint density at radius 3 is 1.84 bits per heavy atom. The van der Waals surface area contributed by atoms with Gasteiger partial charge in [-0.3, -0.25) is 0 Å². The maximum atomic E-state index is 12.8. The quantitative estimate of drug-likeness (QED) is 0.114. The van der Waals surface area contributed by atoms with Gasteiger partial charge in [0.25, 0.3) is 0 Å². The van der Waals surface area contributed by atoms with E-state index in [9.17, 15) is 9.90 Å². The van der Waals surface area contributed by atoms with E-state index < -0.39 is 17.6 Å². The van der Waals surface area contributed by atoms with Gasteiger partial charge >= 0.3 is 5.97 Å². The Labute approximate surface area is 290 Å². The van der Waals surface area contributed by atoms with Crippen LogP contribution in [0.5, 0.6) is 0 Å². The Balaban J connectivity index is 1.32. The minimum Gasteiger partial charge on any atom is -0.461 e. The van der Waals surface area contributed by atoms with Gasteiger partial charge in [0.1, 0.15) is 11.2 Å². The molecule has 0 bridgehead atoms. The molecule has 248 valence electrons. The van der Waals surface area contributed by atoms with Crippen molar-refractivity contribution in [3.05, 3.63) is 179 Å². The molecule has 5 aromatic carbocycles. The molecule has 50 heavy (non-hydrogen) atoms. The Morgan fingerprint density at radius 1 is 0.760 bits per heavy atom. The van der Waals surface area contributed by atoms with E-state index in [4.69, 9.17) is 9.95 Å². The number of rotatable bonds is 11. The average Bonchev–Trinajstić information content (AvgIpc) is 3.82. The molecule has 0 saturated heterocycles. The van der Waals surface area contributed by atoms with Gasteiger partial charge in [-0.25, -0.2) is 14.5 Å². The van der Waals surface area contributed by atoms with Crippen LogP contribution in [0.2, 0.25) is 0 Å². The summed E-state index contributed by atoms with van der Waals surface area (Å²) in [7, 11) is 0. The van der Waals surface area contributed by atoms with Crippen molar-refractivity contribution in [1.29, 1.82) is 0 Å². The molecule has 0 aliphatic carbocycles. The lowest BCUT2D eigenvalue weighted by atomic mass is 9.77. The molecule has 0 aliphatic heterocycles. The molecule has 9 nitrogen and oxygen atoms in total. The fraction of sp³-hybridized carbons (Fsp3) is 0.146.